The first-order valence-electron chi connectivity index (χ1n) is 7.05. The van der Waals surface area contributed by atoms with Crippen LogP contribution in [0.1, 0.15) is 19.5 Å². The molecule has 0 bridgehead atoms. The van der Waals surface area contributed by atoms with Gasteiger partial charge in [0.15, 0.2) is 0 Å². The largest absolute Gasteiger partial charge is 0.383 e. The number of hydrogen-bond donors (Lipinski definition) is 1. The Kier molecular flexibility index (Phi) is 4.93. The number of nitrogens with zero attached hydrogens (tertiary/aromatic N) is 2. The van der Waals surface area contributed by atoms with Crippen molar-refractivity contribution >= 4 is 16.6 Å². The Balaban J connectivity index is 2.55. The molecule has 2 aromatic rings. The van der Waals surface area contributed by atoms with E-state index in [0.29, 0.717) is 13.2 Å². The third-order valence-corrected chi connectivity index (χ3v) is 3.54. The molecule has 108 valence electrons. The molecule has 0 aliphatic rings. The van der Waals surface area contributed by atoms with E-state index in [0.717, 1.165) is 23.4 Å². The van der Waals surface area contributed by atoms with Crippen LogP contribution in [0.4, 0.5) is 5.82 Å². The minimum atomic E-state index is 0.272. The number of hydrogen-bond acceptors (Lipinski definition) is 4. The molecule has 0 amide bonds. The number of pyridine rings is 1. The first kappa shape index (κ1) is 14.8. The Bertz CT molecular complexity index is 571. The van der Waals surface area contributed by atoms with E-state index in [9.17, 15) is 0 Å². The van der Waals surface area contributed by atoms with Crippen LogP contribution in [0.5, 0.6) is 0 Å². The minimum Gasteiger partial charge on any atom is -0.383 e. The highest BCUT2D eigenvalue weighted by Gasteiger charge is 2.17. The lowest BCUT2D eigenvalue weighted by atomic mass is 10.1. The fourth-order valence-electron chi connectivity index (χ4n) is 2.56. The van der Waals surface area contributed by atoms with Gasteiger partial charge < -0.3 is 15.4 Å². The summed E-state index contributed by atoms with van der Waals surface area (Å²) in [5.41, 5.74) is 6.70. The van der Waals surface area contributed by atoms with Gasteiger partial charge in [0.2, 0.25) is 0 Å². The SMILES string of the molecule is CCN(c1nc(CN)cc2ccccc12)C(C)COC. The Morgan fingerprint density at radius 3 is 2.75 bits per heavy atom. The molecule has 1 aromatic carbocycles. The Hall–Kier alpha value is -1.65. The third kappa shape index (κ3) is 2.92. The number of anilines is 1. The van der Waals surface area contributed by atoms with Gasteiger partial charge in [0, 0.05) is 25.6 Å². The highest BCUT2D eigenvalue weighted by Crippen LogP contribution is 2.27. The number of rotatable bonds is 6. The van der Waals surface area contributed by atoms with E-state index < -0.39 is 0 Å². The van der Waals surface area contributed by atoms with E-state index >= 15 is 0 Å². The van der Waals surface area contributed by atoms with Crippen molar-refractivity contribution < 1.29 is 4.74 Å². The molecular weight excluding hydrogens is 250 g/mol. The molecule has 2 rings (SSSR count). The van der Waals surface area contributed by atoms with E-state index in [1.807, 2.05) is 12.1 Å². The number of likely N-dealkylation sites (N-methyl/N-ethyl adjacent to an activating group) is 1. The zero-order chi connectivity index (χ0) is 14.5. The van der Waals surface area contributed by atoms with Crippen LogP contribution in [-0.4, -0.2) is 31.3 Å². The molecule has 4 heteroatoms. The molecule has 0 spiro atoms. The topological polar surface area (TPSA) is 51.4 Å². The van der Waals surface area contributed by atoms with Gasteiger partial charge in [0.25, 0.3) is 0 Å². The summed E-state index contributed by atoms with van der Waals surface area (Å²) in [5.74, 6) is 0.996. The van der Waals surface area contributed by atoms with Crippen molar-refractivity contribution in [2.45, 2.75) is 26.4 Å². The van der Waals surface area contributed by atoms with Crippen LogP contribution in [0, 0.1) is 0 Å². The Morgan fingerprint density at radius 1 is 1.35 bits per heavy atom. The van der Waals surface area contributed by atoms with Crippen LogP contribution < -0.4 is 10.6 Å². The van der Waals surface area contributed by atoms with Crippen LogP contribution in [0.2, 0.25) is 0 Å². The van der Waals surface area contributed by atoms with Crippen molar-refractivity contribution in [1.29, 1.82) is 0 Å². The summed E-state index contributed by atoms with van der Waals surface area (Å²) in [5, 5.41) is 2.34. The van der Waals surface area contributed by atoms with Gasteiger partial charge in [-0.05, 0) is 25.3 Å². The molecule has 1 atom stereocenters. The second-order valence-electron chi connectivity index (χ2n) is 4.95. The standard InChI is InChI=1S/C16H23N3O/c1-4-19(12(2)11-20-3)16-15-8-6-5-7-13(15)9-14(10-17)18-16/h5-9,12H,4,10-11,17H2,1-3H3. The number of aromatic nitrogens is 1. The first-order chi connectivity index (χ1) is 9.71. The zero-order valence-electron chi connectivity index (χ0n) is 12.5. The average Bonchev–Trinajstić information content (AvgIpc) is 2.48. The molecule has 20 heavy (non-hydrogen) atoms. The van der Waals surface area contributed by atoms with Crippen molar-refractivity contribution in [3.05, 3.63) is 36.0 Å². The van der Waals surface area contributed by atoms with Crippen LogP contribution in [-0.2, 0) is 11.3 Å². The van der Waals surface area contributed by atoms with Crippen molar-refractivity contribution in [1.82, 2.24) is 4.98 Å². The molecule has 0 saturated carbocycles. The second kappa shape index (κ2) is 6.68. The molecule has 0 aliphatic carbocycles. The third-order valence-electron chi connectivity index (χ3n) is 3.54. The molecule has 0 saturated heterocycles. The number of fused-ring (bicyclic) bond motifs is 1. The lowest BCUT2D eigenvalue weighted by Crippen LogP contribution is -2.37. The summed E-state index contributed by atoms with van der Waals surface area (Å²) in [6.07, 6.45) is 0. The summed E-state index contributed by atoms with van der Waals surface area (Å²) >= 11 is 0. The average molecular weight is 273 g/mol. The lowest BCUT2D eigenvalue weighted by molar-refractivity contribution is 0.182. The maximum atomic E-state index is 5.78. The fraction of sp³-hybridized carbons (Fsp3) is 0.438. The van der Waals surface area contributed by atoms with Gasteiger partial charge in [-0.25, -0.2) is 4.98 Å². The molecule has 0 radical (unpaired) electrons. The summed E-state index contributed by atoms with van der Waals surface area (Å²) in [6, 6.07) is 10.6. The number of ether oxygens (including phenoxy) is 1. The van der Waals surface area contributed by atoms with E-state index in [-0.39, 0.29) is 6.04 Å². The van der Waals surface area contributed by atoms with Crippen LogP contribution >= 0.6 is 0 Å². The number of benzene rings is 1. The predicted octanol–water partition coefficient (Wildman–Crippen LogP) is 2.55. The molecule has 4 nitrogen and oxygen atoms in total. The quantitative estimate of drug-likeness (QED) is 0.879. The minimum absolute atomic E-state index is 0.272. The number of methoxy groups -OCH3 is 1. The van der Waals surface area contributed by atoms with Crippen molar-refractivity contribution in [3.8, 4) is 0 Å². The molecule has 1 aromatic heterocycles. The van der Waals surface area contributed by atoms with Gasteiger partial charge in [-0.1, -0.05) is 24.3 Å². The second-order valence-corrected chi connectivity index (χ2v) is 4.95. The lowest BCUT2D eigenvalue weighted by Gasteiger charge is -2.30. The highest BCUT2D eigenvalue weighted by molar-refractivity contribution is 5.92. The molecule has 0 aliphatic heterocycles. The van der Waals surface area contributed by atoms with Crippen molar-refractivity contribution in [2.24, 2.45) is 5.73 Å². The Labute approximate surface area is 120 Å². The monoisotopic (exact) mass is 273 g/mol. The molecule has 0 fully saturated rings. The maximum Gasteiger partial charge on any atom is 0.137 e. The summed E-state index contributed by atoms with van der Waals surface area (Å²) in [7, 11) is 1.73. The van der Waals surface area contributed by atoms with Crippen LogP contribution in [0.3, 0.4) is 0 Å². The summed E-state index contributed by atoms with van der Waals surface area (Å²) < 4.78 is 5.28. The maximum absolute atomic E-state index is 5.78. The van der Waals surface area contributed by atoms with Crippen LogP contribution in [0.25, 0.3) is 10.8 Å². The smallest absolute Gasteiger partial charge is 0.137 e. The number of nitrogens with two attached hydrogens (primary N) is 1. The van der Waals surface area contributed by atoms with Gasteiger partial charge in [-0.15, -0.1) is 0 Å². The van der Waals surface area contributed by atoms with Gasteiger partial charge in [0.1, 0.15) is 5.82 Å². The van der Waals surface area contributed by atoms with E-state index in [1.54, 1.807) is 7.11 Å². The summed E-state index contributed by atoms with van der Waals surface area (Å²) in [4.78, 5) is 7.01. The van der Waals surface area contributed by atoms with Crippen molar-refractivity contribution in [2.75, 3.05) is 25.2 Å². The molecule has 1 heterocycles. The first-order valence-corrected chi connectivity index (χ1v) is 7.05. The van der Waals surface area contributed by atoms with Crippen molar-refractivity contribution in [3.63, 3.8) is 0 Å². The van der Waals surface area contributed by atoms with Gasteiger partial charge in [-0.2, -0.15) is 0 Å². The van der Waals surface area contributed by atoms with Gasteiger partial charge >= 0.3 is 0 Å². The van der Waals surface area contributed by atoms with Gasteiger partial charge in [0.05, 0.1) is 18.3 Å². The predicted molar refractivity (Wildman–Crippen MR) is 84.0 cm³/mol. The van der Waals surface area contributed by atoms with E-state index in [4.69, 9.17) is 15.5 Å². The molecule has 2 N–H and O–H groups in total. The zero-order valence-corrected chi connectivity index (χ0v) is 12.5. The van der Waals surface area contributed by atoms with Gasteiger partial charge in [-0.3, -0.25) is 0 Å². The highest BCUT2D eigenvalue weighted by atomic mass is 16.5. The van der Waals surface area contributed by atoms with Crippen LogP contribution in [0.15, 0.2) is 30.3 Å². The normalized spacial score (nSPS) is 12.6. The van der Waals surface area contributed by atoms with E-state index in [2.05, 4.69) is 36.9 Å². The molecular formula is C16H23N3O. The molecule has 1 unspecified atom stereocenters. The van der Waals surface area contributed by atoms with E-state index in [1.165, 1.54) is 5.39 Å². The Morgan fingerprint density at radius 2 is 2.10 bits per heavy atom. The fourth-order valence-corrected chi connectivity index (χ4v) is 2.56. The summed E-state index contributed by atoms with van der Waals surface area (Å²) in [6.45, 7) is 6.30.